The molecule has 0 aliphatic heterocycles. The molecule has 80 valence electrons. The van der Waals surface area contributed by atoms with Gasteiger partial charge in [-0.05, 0) is 18.1 Å². The van der Waals surface area contributed by atoms with E-state index < -0.39 is 0 Å². The lowest BCUT2D eigenvalue weighted by atomic mass is 10.1. The zero-order chi connectivity index (χ0) is 10.6. The van der Waals surface area contributed by atoms with Gasteiger partial charge in [-0.15, -0.1) is 0 Å². The summed E-state index contributed by atoms with van der Waals surface area (Å²) in [5.41, 5.74) is 0.0629. The fourth-order valence-electron chi connectivity index (χ4n) is 1.58. The molecule has 0 aliphatic carbocycles. The molecular formula is C10H18N2OS. The Kier molecular flexibility index (Phi) is 4.32. The van der Waals surface area contributed by atoms with Gasteiger partial charge in [-0.2, -0.15) is 12.6 Å². The summed E-state index contributed by atoms with van der Waals surface area (Å²) in [7, 11) is 1.77. The van der Waals surface area contributed by atoms with E-state index in [-0.39, 0.29) is 5.69 Å². The summed E-state index contributed by atoms with van der Waals surface area (Å²) in [4.78, 5) is 11.5. The SMILES string of the molecule is CCCC(CS)Cn1ccn(C)c1=O. The topological polar surface area (TPSA) is 26.9 Å². The molecule has 0 saturated carbocycles. The van der Waals surface area contributed by atoms with Crippen molar-refractivity contribution >= 4 is 12.6 Å². The number of aromatic nitrogens is 2. The number of hydrogen-bond donors (Lipinski definition) is 1. The lowest BCUT2D eigenvalue weighted by Gasteiger charge is -2.12. The second-order valence-electron chi connectivity index (χ2n) is 3.68. The van der Waals surface area contributed by atoms with Crippen LogP contribution in [0.25, 0.3) is 0 Å². The van der Waals surface area contributed by atoms with E-state index in [1.54, 1.807) is 22.4 Å². The molecule has 0 aliphatic rings. The van der Waals surface area contributed by atoms with Crippen molar-refractivity contribution in [2.75, 3.05) is 5.75 Å². The Morgan fingerprint density at radius 3 is 2.64 bits per heavy atom. The number of rotatable bonds is 5. The highest BCUT2D eigenvalue weighted by Gasteiger charge is 2.08. The molecule has 0 aromatic carbocycles. The fourth-order valence-corrected chi connectivity index (χ4v) is 1.87. The van der Waals surface area contributed by atoms with Crippen LogP contribution in [0.1, 0.15) is 19.8 Å². The van der Waals surface area contributed by atoms with Gasteiger partial charge in [0.1, 0.15) is 0 Å². The summed E-state index contributed by atoms with van der Waals surface area (Å²) in [6.45, 7) is 2.95. The zero-order valence-electron chi connectivity index (χ0n) is 8.81. The molecule has 1 aromatic heterocycles. The lowest BCUT2D eigenvalue weighted by Crippen LogP contribution is -2.25. The minimum absolute atomic E-state index is 0.0629. The highest BCUT2D eigenvalue weighted by Crippen LogP contribution is 2.10. The summed E-state index contributed by atoms with van der Waals surface area (Å²) < 4.78 is 3.36. The molecule has 0 radical (unpaired) electrons. The van der Waals surface area contributed by atoms with Crippen LogP contribution >= 0.6 is 12.6 Å². The van der Waals surface area contributed by atoms with E-state index in [1.807, 2.05) is 6.20 Å². The monoisotopic (exact) mass is 214 g/mol. The Balaban J connectivity index is 2.67. The minimum Gasteiger partial charge on any atom is -0.302 e. The van der Waals surface area contributed by atoms with E-state index in [2.05, 4.69) is 19.6 Å². The molecule has 0 spiro atoms. The standard InChI is InChI=1S/C10H18N2OS/c1-3-4-9(8-14)7-12-6-5-11(2)10(12)13/h5-6,9,14H,3-4,7-8H2,1-2H3. The van der Waals surface area contributed by atoms with Gasteiger partial charge < -0.3 is 4.57 Å². The predicted octanol–water partition coefficient (Wildman–Crippen LogP) is 1.53. The van der Waals surface area contributed by atoms with Gasteiger partial charge in [0.25, 0.3) is 0 Å². The molecule has 0 N–H and O–H groups in total. The third-order valence-corrected chi connectivity index (χ3v) is 2.94. The molecule has 1 rings (SSSR count). The maximum Gasteiger partial charge on any atom is 0.327 e. The first-order valence-corrected chi connectivity index (χ1v) is 5.65. The number of thiol groups is 1. The maximum absolute atomic E-state index is 11.5. The smallest absolute Gasteiger partial charge is 0.302 e. The van der Waals surface area contributed by atoms with Gasteiger partial charge in [0.2, 0.25) is 0 Å². The van der Waals surface area contributed by atoms with Crippen LogP contribution in [-0.2, 0) is 13.6 Å². The van der Waals surface area contributed by atoms with Crippen LogP contribution in [0, 0.1) is 5.92 Å². The van der Waals surface area contributed by atoms with Gasteiger partial charge >= 0.3 is 5.69 Å². The largest absolute Gasteiger partial charge is 0.327 e. The molecule has 14 heavy (non-hydrogen) atoms. The van der Waals surface area contributed by atoms with Crippen LogP contribution in [0.15, 0.2) is 17.2 Å². The second-order valence-corrected chi connectivity index (χ2v) is 4.05. The van der Waals surface area contributed by atoms with Crippen LogP contribution in [-0.4, -0.2) is 14.9 Å². The van der Waals surface area contributed by atoms with Gasteiger partial charge in [-0.3, -0.25) is 4.57 Å². The van der Waals surface area contributed by atoms with E-state index in [9.17, 15) is 4.79 Å². The highest BCUT2D eigenvalue weighted by molar-refractivity contribution is 7.80. The molecule has 0 bridgehead atoms. The van der Waals surface area contributed by atoms with Crippen molar-refractivity contribution in [2.45, 2.75) is 26.3 Å². The van der Waals surface area contributed by atoms with E-state index >= 15 is 0 Å². The normalized spacial score (nSPS) is 13.1. The van der Waals surface area contributed by atoms with Gasteiger partial charge in [0, 0.05) is 26.0 Å². The molecule has 0 fully saturated rings. The molecule has 1 heterocycles. The number of nitrogens with zero attached hydrogens (tertiary/aromatic N) is 2. The summed E-state index contributed by atoms with van der Waals surface area (Å²) >= 11 is 4.30. The van der Waals surface area contributed by atoms with Crippen LogP contribution in [0.3, 0.4) is 0 Å². The predicted molar refractivity (Wildman–Crippen MR) is 61.9 cm³/mol. The Bertz CT molecular complexity index is 329. The van der Waals surface area contributed by atoms with Crippen LogP contribution < -0.4 is 5.69 Å². The minimum atomic E-state index is 0.0629. The van der Waals surface area contributed by atoms with Crippen LogP contribution in [0.5, 0.6) is 0 Å². The van der Waals surface area contributed by atoms with Crippen LogP contribution in [0.4, 0.5) is 0 Å². The Morgan fingerprint density at radius 1 is 1.50 bits per heavy atom. The maximum atomic E-state index is 11.5. The molecule has 1 unspecified atom stereocenters. The van der Waals surface area contributed by atoms with Crippen molar-refractivity contribution in [3.05, 3.63) is 22.9 Å². The molecule has 3 nitrogen and oxygen atoms in total. The number of hydrogen-bond acceptors (Lipinski definition) is 2. The van der Waals surface area contributed by atoms with E-state index in [1.165, 1.54) is 0 Å². The van der Waals surface area contributed by atoms with Gasteiger partial charge in [0.05, 0.1) is 0 Å². The molecule has 0 saturated heterocycles. The Hall–Kier alpha value is -0.640. The van der Waals surface area contributed by atoms with E-state index in [4.69, 9.17) is 0 Å². The van der Waals surface area contributed by atoms with E-state index in [0.29, 0.717) is 5.92 Å². The first-order chi connectivity index (χ1) is 6.69. The molecule has 0 amide bonds. The average molecular weight is 214 g/mol. The first kappa shape index (κ1) is 11.4. The van der Waals surface area contributed by atoms with Crippen molar-refractivity contribution in [3.63, 3.8) is 0 Å². The average Bonchev–Trinajstić information content (AvgIpc) is 2.49. The van der Waals surface area contributed by atoms with Crippen molar-refractivity contribution in [3.8, 4) is 0 Å². The van der Waals surface area contributed by atoms with Crippen molar-refractivity contribution in [1.82, 2.24) is 9.13 Å². The van der Waals surface area contributed by atoms with Gasteiger partial charge in [-0.25, -0.2) is 4.79 Å². The van der Waals surface area contributed by atoms with Crippen LogP contribution in [0.2, 0.25) is 0 Å². The molecule has 4 heteroatoms. The molecule has 1 aromatic rings. The Labute approximate surface area is 90.2 Å². The fraction of sp³-hybridized carbons (Fsp3) is 0.700. The lowest BCUT2D eigenvalue weighted by molar-refractivity contribution is 0.444. The molecule has 1 atom stereocenters. The first-order valence-electron chi connectivity index (χ1n) is 5.01. The highest BCUT2D eigenvalue weighted by atomic mass is 32.1. The second kappa shape index (κ2) is 5.29. The summed E-state index contributed by atoms with van der Waals surface area (Å²) in [5.74, 6) is 1.35. The quantitative estimate of drug-likeness (QED) is 0.739. The molecular weight excluding hydrogens is 196 g/mol. The summed E-state index contributed by atoms with van der Waals surface area (Å²) in [6.07, 6.45) is 5.91. The number of aryl methyl sites for hydroxylation is 1. The van der Waals surface area contributed by atoms with Crippen molar-refractivity contribution in [2.24, 2.45) is 13.0 Å². The van der Waals surface area contributed by atoms with Gasteiger partial charge in [0.15, 0.2) is 0 Å². The van der Waals surface area contributed by atoms with Gasteiger partial charge in [-0.1, -0.05) is 13.3 Å². The summed E-state index contributed by atoms with van der Waals surface area (Å²) in [6, 6.07) is 0. The summed E-state index contributed by atoms with van der Waals surface area (Å²) in [5, 5.41) is 0. The van der Waals surface area contributed by atoms with E-state index in [0.717, 1.165) is 25.1 Å². The Morgan fingerprint density at radius 2 is 2.21 bits per heavy atom. The van der Waals surface area contributed by atoms with Crippen molar-refractivity contribution in [1.29, 1.82) is 0 Å². The van der Waals surface area contributed by atoms with Crippen molar-refractivity contribution < 1.29 is 0 Å². The third kappa shape index (κ3) is 2.67. The zero-order valence-corrected chi connectivity index (χ0v) is 9.70. The number of imidazole rings is 1. The third-order valence-electron chi connectivity index (χ3n) is 2.43.